The summed E-state index contributed by atoms with van der Waals surface area (Å²) in [6.45, 7) is 2.21. The van der Waals surface area contributed by atoms with E-state index in [0.717, 1.165) is 38.8 Å². The summed E-state index contributed by atoms with van der Waals surface area (Å²) in [5.41, 5.74) is 0. The maximum atomic E-state index is 9.68. The lowest BCUT2D eigenvalue weighted by Crippen LogP contribution is -2.37. The van der Waals surface area contributed by atoms with E-state index in [2.05, 4.69) is 5.32 Å². The first-order valence-corrected chi connectivity index (χ1v) is 6.37. The van der Waals surface area contributed by atoms with Crippen molar-refractivity contribution in [2.75, 3.05) is 13.1 Å². The van der Waals surface area contributed by atoms with E-state index in [4.69, 9.17) is 4.74 Å². The molecule has 3 nitrogen and oxygen atoms in total. The Morgan fingerprint density at radius 2 is 1.80 bits per heavy atom. The van der Waals surface area contributed by atoms with Gasteiger partial charge in [-0.1, -0.05) is 0 Å². The van der Waals surface area contributed by atoms with Crippen molar-refractivity contribution in [3.05, 3.63) is 0 Å². The lowest BCUT2D eigenvalue weighted by Gasteiger charge is -2.31. The quantitative estimate of drug-likeness (QED) is 0.713. The Morgan fingerprint density at radius 1 is 1.00 bits per heavy atom. The predicted molar refractivity (Wildman–Crippen MR) is 57.6 cm³/mol. The lowest BCUT2D eigenvalue weighted by molar-refractivity contribution is -0.0646. The number of piperidine rings is 1. The summed E-state index contributed by atoms with van der Waals surface area (Å²) in [6.07, 6.45) is 6.54. The van der Waals surface area contributed by atoms with Crippen molar-refractivity contribution in [3.8, 4) is 0 Å². The first kappa shape index (κ1) is 10.1. The predicted octanol–water partition coefficient (Wildman–Crippen LogP) is 0.914. The monoisotopic (exact) mass is 211 g/mol. The first-order chi connectivity index (χ1) is 7.33. The van der Waals surface area contributed by atoms with Gasteiger partial charge in [-0.15, -0.1) is 0 Å². The largest absolute Gasteiger partial charge is 0.393 e. The number of fused-ring (bicyclic) bond motifs is 2. The number of hydrogen-bond acceptors (Lipinski definition) is 3. The molecule has 0 amide bonds. The van der Waals surface area contributed by atoms with E-state index in [0.29, 0.717) is 24.0 Å². The fraction of sp³-hybridized carbons (Fsp3) is 1.00. The van der Waals surface area contributed by atoms with Crippen LogP contribution < -0.4 is 5.32 Å². The molecule has 3 fully saturated rings. The zero-order valence-corrected chi connectivity index (χ0v) is 9.19. The molecule has 0 radical (unpaired) electrons. The average Bonchev–Trinajstić information content (AvgIpc) is 2.78. The van der Waals surface area contributed by atoms with Crippen LogP contribution >= 0.6 is 0 Å². The SMILES string of the molecule is OC1CC2CC1CC2OC1CCNCC1. The van der Waals surface area contributed by atoms with Gasteiger partial charge >= 0.3 is 0 Å². The minimum atomic E-state index is -0.0251. The summed E-state index contributed by atoms with van der Waals surface area (Å²) < 4.78 is 6.18. The van der Waals surface area contributed by atoms with Gasteiger partial charge in [0.25, 0.3) is 0 Å². The highest BCUT2D eigenvalue weighted by Gasteiger charge is 2.46. The van der Waals surface area contributed by atoms with Crippen LogP contribution in [0.5, 0.6) is 0 Å². The summed E-state index contributed by atoms with van der Waals surface area (Å²) >= 11 is 0. The van der Waals surface area contributed by atoms with Gasteiger partial charge in [0.05, 0.1) is 18.3 Å². The molecular formula is C12H21NO2. The Morgan fingerprint density at radius 3 is 2.40 bits per heavy atom. The maximum absolute atomic E-state index is 9.68. The third-order valence-corrected chi connectivity index (χ3v) is 4.41. The minimum absolute atomic E-state index is 0.0251. The first-order valence-electron chi connectivity index (χ1n) is 6.37. The standard InChI is InChI=1S/C12H21NO2/c14-11-6-9-5-8(11)7-12(9)15-10-1-3-13-4-2-10/h8-14H,1-7H2. The zero-order valence-electron chi connectivity index (χ0n) is 9.19. The Labute approximate surface area is 91.2 Å². The van der Waals surface area contributed by atoms with Crippen LogP contribution in [0.4, 0.5) is 0 Å². The van der Waals surface area contributed by atoms with Crippen molar-refractivity contribution < 1.29 is 9.84 Å². The molecule has 3 aliphatic rings. The van der Waals surface area contributed by atoms with E-state index >= 15 is 0 Å². The maximum Gasteiger partial charge on any atom is 0.0611 e. The number of hydrogen-bond donors (Lipinski definition) is 2. The van der Waals surface area contributed by atoms with Crippen LogP contribution in [0.25, 0.3) is 0 Å². The van der Waals surface area contributed by atoms with E-state index in [-0.39, 0.29) is 6.10 Å². The highest BCUT2D eigenvalue weighted by atomic mass is 16.5. The van der Waals surface area contributed by atoms with E-state index in [1.54, 1.807) is 0 Å². The number of aliphatic hydroxyl groups excluding tert-OH is 1. The fourth-order valence-electron chi connectivity index (χ4n) is 3.54. The van der Waals surface area contributed by atoms with E-state index < -0.39 is 0 Å². The molecule has 4 unspecified atom stereocenters. The van der Waals surface area contributed by atoms with E-state index in [1.165, 1.54) is 6.42 Å². The number of ether oxygens (including phenoxy) is 1. The van der Waals surface area contributed by atoms with Gasteiger partial charge in [-0.05, 0) is 57.0 Å². The molecular weight excluding hydrogens is 190 g/mol. The third kappa shape index (κ3) is 1.93. The van der Waals surface area contributed by atoms with Gasteiger partial charge in [0.1, 0.15) is 0 Å². The molecule has 0 aromatic heterocycles. The van der Waals surface area contributed by atoms with Crippen molar-refractivity contribution in [2.24, 2.45) is 11.8 Å². The minimum Gasteiger partial charge on any atom is -0.393 e. The van der Waals surface area contributed by atoms with Gasteiger partial charge < -0.3 is 15.2 Å². The normalized spacial score (nSPS) is 46.2. The molecule has 15 heavy (non-hydrogen) atoms. The molecule has 3 rings (SSSR count). The average molecular weight is 211 g/mol. The molecule has 2 bridgehead atoms. The van der Waals surface area contributed by atoms with E-state index in [9.17, 15) is 5.11 Å². The highest BCUT2D eigenvalue weighted by molar-refractivity contribution is 4.96. The molecule has 2 saturated carbocycles. The third-order valence-electron chi connectivity index (χ3n) is 4.41. The summed E-state index contributed by atoms with van der Waals surface area (Å²) in [5, 5.41) is 13.0. The van der Waals surface area contributed by atoms with Crippen molar-refractivity contribution in [1.82, 2.24) is 5.32 Å². The van der Waals surface area contributed by atoms with Crippen LogP contribution in [0, 0.1) is 11.8 Å². The van der Waals surface area contributed by atoms with Gasteiger partial charge in [0, 0.05) is 0 Å². The van der Waals surface area contributed by atoms with E-state index in [1.807, 2.05) is 0 Å². The summed E-state index contributed by atoms with van der Waals surface area (Å²) in [7, 11) is 0. The lowest BCUT2D eigenvalue weighted by atomic mass is 9.95. The second-order valence-electron chi connectivity index (χ2n) is 5.42. The molecule has 1 aliphatic heterocycles. The van der Waals surface area contributed by atoms with Crippen LogP contribution in [0.15, 0.2) is 0 Å². The molecule has 0 aromatic carbocycles. The summed E-state index contributed by atoms with van der Waals surface area (Å²) in [5.74, 6) is 1.20. The molecule has 1 heterocycles. The summed E-state index contributed by atoms with van der Waals surface area (Å²) in [6, 6.07) is 0. The smallest absolute Gasteiger partial charge is 0.0611 e. The van der Waals surface area contributed by atoms with Crippen molar-refractivity contribution in [1.29, 1.82) is 0 Å². The van der Waals surface area contributed by atoms with Crippen LogP contribution in [-0.4, -0.2) is 36.5 Å². The number of nitrogens with one attached hydrogen (secondary N) is 1. The molecule has 86 valence electrons. The van der Waals surface area contributed by atoms with Crippen LogP contribution in [-0.2, 0) is 4.74 Å². The van der Waals surface area contributed by atoms with Gasteiger partial charge in [-0.25, -0.2) is 0 Å². The molecule has 0 aromatic rings. The van der Waals surface area contributed by atoms with Gasteiger partial charge in [0.15, 0.2) is 0 Å². The van der Waals surface area contributed by atoms with Gasteiger partial charge in [-0.3, -0.25) is 0 Å². The summed E-state index contributed by atoms with van der Waals surface area (Å²) in [4.78, 5) is 0. The van der Waals surface area contributed by atoms with Crippen LogP contribution in [0.3, 0.4) is 0 Å². The second kappa shape index (κ2) is 4.04. The van der Waals surface area contributed by atoms with Crippen molar-refractivity contribution in [2.45, 2.75) is 50.4 Å². The van der Waals surface area contributed by atoms with Crippen molar-refractivity contribution in [3.63, 3.8) is 0 Å². The Kier molecular flexibility index (Phi) is 2.71. The second-order valence-corrected chi connectivity index (χ2v) is 5.42. The van der Waals surface area contributed by atoms with Crippen molar-refractivity contribution >= 4 is 0 Å². The number of aliphatic hydroxyl groups is 1. The Balaban J connectivity index is 1.52. The molecule has 0 spiro atoms. The zero-order chi connectivity index (χ0) is 10.3. The van der Waals surface area contributed by atoms with Crippen LogP contribution in [0.2, 0.25) is 0 Å². The molecule has 1 saturated heterocycles. The Bertz CT molecular complexity index is 226. The Hall–Kier alpha value is -0.120. The fourth-order valence-corrected chi connectivity index (χ4v) is 3.54. The topological polar surface area (TPSA) is 41.5 Å². The molecule has 3 heteroatoms. The highest BCUT2D eigenvalue weighted by Crippen LogP contribution is 2.46. The molecule has 2 N–H and O–H groups in total. The van der Waals surface area contributed by atoms with Gasteiger partial charge in [0.2, 0.25) is 0 Å². The van der Waals surface area contributed by atoms with Gasteiger partial charge in [-0.2, -0.15) is 0 Å². The molecule has 2 aliphatic carbocycles. The number of rotatable bonds is 2. The molecule has 4 atom stereocenters. The van der Waals surface area contributed by atoms with Crippen LogP contribution in [0.1, 0.15) is 32.1 Å².